The van der Waals surface area contributed by atoms with Crippen LogP contribution in [0, 0.1) is 13.8 Å². The molecule has 0 bridgehead atoms. The summed E-state index contributed by atoms with van der Waals surface area (Å²) in [4.78, 5) is 8.98. The van der Waals surface area contributed by atoms with Crippen LogP contribution in [0.3, 0.4) is 0 Å². The molecule has 0 unspecified atom stereocenters. The Bertz CT molecular complexity index is 864. The maximum absolute atomic E-state index is 6.19. The number of halogens is 1. The molecule has 2 N–H and O–H groups in total. The van der Waals surface area contributed by atoms with E-state index in [1.807, 2.05) is 37.3 Å². The fraction of sp³-hybridized carbons (Fsp3) is 0.200. The molecule has 0 aliphatic heterocycles. The van der Waals surface area contributed by atoms with Gasteiger partial charge in [-0.05, 0) is 31.0 Å². The van der Waals surface area contributed by atoms with Crippen LogP contribution in [0.5, 0.6) is 0 Å². The summed E-state index contributed by atoms with van der Waals surface area (Å²) < 4.78 is 0. The lowest BCUT2D eigenvalue weighted by molar-refractivity contribution is 1.01. The summed E-state index contributed by atoms with van der Waals surface area (Å²) in [7, 11) is 0. The molecule has 1 heterocycles. The number of anilines is 2. The third kappa shape index (κ3) is 4.94. The molecule has 0 fully saturated rings. The highest BCUT2D eigenvalue weighted by Crippen LogP contribution is 2.17. The van der Waals surface area contributed by atoms with Gasteiger partial charge in [-0.25, -0.2) is 4.98 Å². The lowest BCUT2D eigenvalue weighted by atomic mass is 10.1. The summed E-state index contributed by atoms with van der Waals surface area (Å²) in [6.07, 6.45) is 0. The monoisotopic (exact) mass is 352 g/mol. The number of hydrogen-bond acceptors (Lipinski definition) is 4. The zero-order chi connectivity index (χ0) is 17.6. The van der Waals surface area contributed by atoms with Gasteiger partial charge in [0.1, 0.15) is 5.82 Å². The van der Waals surface area contributed by atoms with Crippen molar-refractivity contribution in [2.45, 2.75) is 26.9 Å². The lowest BCUT2D eigenvalue weighted by Crippen LogP contribution is -2.08. The molecule has 2 aromatic carbocycles. The molecule has 0 aliphatic carbocycles. The highest BCUT2D eigenvalue weighted by molar-refractivity contribution is 6.31. The SMILES string of the molecule is Cc1cccc(CNc2cc(C)nc(NCc3ccccc3Cl)n2)c1. The first-order valence-corrected chi connectivity index (χ1v) is 8.60. The van der Waals surface area contributed by atoms with E-state index in [-0.39, 0.29) is 0 Å². The van der Waals surface area contributed by atoms with Crippen molar-refractivity contribution in [3.63, 3.8) is 0 Å². The van der Waals surface area contributed by atoms with Crippen LogP contribution in [-0.4, -0.2) is 9.97 Å². The molecule has 128 valence electrons. The summed E-state index contributed by atoms with van der Waals surface area (Å²) >= 11 is 6.19. The van der Waals surface area contributed by atoms with Crippen molar-refractivity contribution in [3.8, 4) is 0 Å². The van der Waals surface area contributed by atoms with Gasteiger partial charge in [0.05, 0.1) is 0 Å². The van der Waals surface area contributed by atoms with E-state index in [1.54, 1.807) is 0 Å². The third-order valence-corrected chi connectivity index (χ3v) is 4.17. The van der Waals surface area contributed by atoms with E-state index < -0.39 is 0 Å². The topological polar surface area (TPSA) is 49.8 Å². The average Bonchev–Trinajstić information content (AvgIpc) is 2.59. The third-order valence-electron chi connectivity index (χ3n) is 3.81. The predicted octanol–water partition coefficient (Wildman–Crippen LogP) is 4.97. The molecule has 3 aromatic rings. The van der Waals surface area contributed by atoms with Crippen molar-refractivity contribution in [2.24, 2.45) is 0 Å². The quantitative estimate of drug-likeness (QED) is 0.657. The van der Waals surface area contributed by atoms with Crippen LogP contribution >= 0.6 is 11.6 Å². The van der Waals surface area contributed by atoms with E-state index in [0.29, 0.717) is 12.5 Å². The van der Waals surface area contributed by atoms with Crippen molar-refractivity contribution >= 4 is 23.4 Å². The number of benzene rings is 2. The second kappa shape index (κ2) is 7.99. The molecule has 3 rings (SSSR count). The smallest absolute Gasteiger partial charge is 0.225 e. The highest BCUT2D eigenvalue weighted by Gasteiger charge is 2.04. The Morgan fingerprint density at radius 2 is 1.72 bits per heavy atom. The lowest BCUT2D eigenvalue weighted by Gasteiger charge is -2.11. The molecule has 0 spiro atoms. The number of aromatic nitrogens is 2. The summed E-state index contributed by atoms with van der Waals surface area (Å²) in [5.41, 5.74) is 4.40. The molecule has 1 aromatic heterocycles. The molecule has 0 atom stereocenters. The van der Waals surface area contributed by atoms with Crippen LogP contribution in [0.25, 0.3) is 0 Å². The summed E-state index contributed by atoms with van der Waals surface area (Å²) in [6.45, 7) is 5.36. The molecule has 4 nitrogen and oxygen atoms in total. The van der Waals surface area contributed by atoms with Gasteiger partial charge in [0.15, 0.2) is 0 Å². The summed E-state index contributed by atoms with van der Waals surface area (Å²) in [6, 6.07) is 18.1. The van der Waals surface area contributed by atoms with Gasteiger partial charge in [-0.3, -0.25) is 0 Å². The van der Waals surface area contributed by atoms with E-state index in [2.05, 4.69) is 51.8 Å². The normalized spacial score (nSPS) is 10.5. The molecule has 5 heteroatoms. The number of aryl methyl sites for hydroxylation is 2. The van der Waals surface area contributed by atoms with Gasteiger partial charge in [-0.1, -0.05) is 59.6 Å². The first kappa shape index (κ1) is 17.2. The predicted molar refractivity (Wildman–Crippen MR) is 104 cm³/mol. The Kier molecular flexibility index (Phi) is 5.51. The Balaban J connectivity index is 1.67. The zero-order valence-corrected chi connectivity index (χ0v) is 15.1. The van der Waals surface area contributed by atoms with Crippen molar-refractivity contribution in [1.82, 2.24) is 9.97 Å². The Labute approximate surface area is 153 Å². The van der Waals surface area contributed by atoms with Crippen LogP contribution in [0.4, 0.5) is 11.8 Å². The Morgan fingerprint density at radius 3 is 2.52 bits per heavy atom. The second-order valence-electron chi connectivity index (χ2n) is 6.01. The van der Waals surface area contributed by atoms with Gasteiger partial charge in [0.25, 0.3) is 0 Å². The van der Waals surface area contributed by atoms with Gasteiger partial charge >= 0.3 is 0 Å². The molecule has 0 aliphatic rings. The number of nitrogens with one attached hydrogen (secondary N) is 2. The van der Waals surface area contributed by atoms with Gasteiger partial charge in [0, 0.05) is 29.9 Å². The largest absolute Gasteiger partial charge is 0.366 e. The van der Waals surface area contributed by atoms with E-state index >= 15 is 0 Å². The second-order valence-corrected chi connectivity index (χ2v) is 6.41. The van der Waals surface area contributed by atoms with Crippen LogP contribution in [0.2, 0.25) is 5.02 Å². The molecule has 0 radical (unpaired) electrons. The summed E-state index contributed by atoms with van der Waals surface area (Å²) in [5.74, 6) is 1.39. The molecular weight excluding hydrogens is 332 g/mol. The molecule has 25 heavy (non-hydrogen) atoms. The van der Waals surface area contributed by atoms with Crippen molar-refractivity contribution in [1.29, 1.82) is 0 Å². The van der Waals surface area contributed by atoms with E-state index in [4.69, 9.17) is 11.6 Å². The average molecular weight is 353 g/mol. The number of nitrogens with zero attached hydrogens (tertiary/aromatic N) is 2. The van der Waals surface area contributed by atoms with E-state index in [1.165, 1.54) is 11.1 Å². The number of rotatable bonds is 6. The first-order chi connectivity index (χ1) is 12.1. The Hall–Kier alpha value is -2.59. The maximum Gasteiger partial charge on any atom is 0.225 e. The fourth-order valence-electron chi connectivity index (χ4n) is 2.57. The van der Waals surface area contributed by atoms with Gasteiger partial charge in [-0.2, -0.15) is 4.98 Å². The van der Waals surface area contributed by atoms with Crippen molar-refractivity contribution in [2.75, 3.05) is 10.6 Å². The minimum atomic E-state index is 0.584. The number of hydrogen-bond donors (Lipinski definition) is 2. The molecule has 0 amide bonds. The van der Waals surface area contributed by atoms with E-state index in [0.717, 1.165) is 28.6 Å². The van der Waals surface area contributed by atoms with Crippen LogP contribution < -0.4 is 10.6 Å². The van der Waals surface area contributed by atoms with Crippen LogP contribution in [0.15, 0.2) is 54.6 Å². The van der Waals surface area contributed by atoms with Gasteiger partial charge in [0.2, 0.25) is 5.95 Å². The highest BCUT2D eigenvalue weighted by atomic mass is 35.5. The zero-order valence-electron chi connectivity index (χ0n) is 14.4. The molecule has 0 saturated carbocycles. The van der Waals surface area contributed by atoms with Gasteiger partial charge < -0.3 is 10.6 Å². The molecule has 0 saturated heterocycles. The fourth-order valence-corrected chi connectivity index (χ4v) is 2.77. The standard InChI is InChI=1S/C20H21ClN4/c1-14-6-5-7-16(10-14)12-22-19-11-15(2)24-20(25-19)23-13-17-8-3-4-9-18(17)21/h3-11H,12-13H2,1-2H3,(H2,22,23,24,25). The Morgan fingerprint density at radius 1 is 0.880 bits per heavy atom. The van der Waals surface area contributed by atoms with Crippen LogP contribution in [0.1, 0.15) is 22.4 Å². The van der Waals surface area contributed by atoms with Crippen molar-refractivity contribution < 1.29 is 0 Å². The van der Waals surface area contributed by atoms with Crippen molar-refractivity contribution in [3.05, 3.63) is 82.0 Å². The van der Waals surface area contributed by atoms with Crippen LogP contribution in [-0.2, 0) is 13.1 Å². The van der Waals surface area contributed by atoms with E-state index in [9.17, 15) is 0 Å². The summed E-state index contributed by atoms with van der Waals surface area (Å²) in [5, 5.41) is 7.34. The van der Waals surface area contributed by atoms with Gasteiger partial charge in [-0.15, -0.1) is 0 Å². The molecular formula is C20H21ClN4. The minimum absolute atomic E-state index is 0.584. The maximum atomic E-state index is 6.19. The first-order valence-electron chi connectivity index (χ1n) is 8.22. The minimum Gasteiger partial charge on any atom is -0.366 e.